The van der Waals surface area contributed by atoms with E-state index in [2.05, 4.69) is 10.2 Å². The lowest BCUT2D eigenvalue weighted by atomic mass is 10.0. The van der Waals surface area contributed by atoms with Crippen molar-refractivity contribution in [2.24, 2.45) is 11.8 Å². The maximum absolute atomic E-state index is 12.5. The summed E-state index contributed by atoms with van der Waals surface area (Å²) in [6.07, 6.45) is -4.24. The standard InChI is InChI=1S/C14H17F3N2/c15-14(16,17)13-3-1-10(2-4-13)7-19-8-11-5-18-6-12(11)9-19/h1-4,11-12,18H,5-9H2/t11-,12+. The summed E-state index contributed by atoms with van der Waals surface area (Å²) in [5, 5.41) is 3.38. The summed E-state index contributed by atoms with van der Waals surface area (Å²) in [5.74, 6) is 1.43. The van der Waals surface area contributed by atoms with Crippen molar-refractivity contribution in [3.8, 4) is 0 Å². The predicted molar refractivity (Wildman–Crippen MR) is 66.6 cm³/mol. The van der Waals surface area contributed by atoms with Crippen LogP contribution in [-0.2, 0) is 12.7 Å². The molecule has 19 heavy (non-hydrogen) atoms. The van der Waals surface area contributed by atoms with Gasteiger partial charge >= 0.3 is 6.18 Å². The highest BCUT2D eigenvalue weighted by Gasteiger charge is 2.36. The molecule has 0 radical (unpaired) electrons. The average molecular weight is 270 g/mol. The zero-order chi connectivity index (χ0) is 13.5. The molecule has 0 unspecified atom stereocenters. The normalized spacial score (nSPS) is 27.7. The molecule has 0 spiro atoms. The average Bonchev–Trinajstić information content (AvgIpc) is 2.89. The third kappa shape index (κ3) is 2.77. The second-order valence-corrected chi connectivity index (χ2v) is 5.57. The molecule has 1 aromatic carbocycles. The van der Waals surface area contributed by atoms with E-state index in [1.807, 2.05) is 0 Å². The Labute approximate surface area is 110 Å². The van der Waals surface area contributed by atoms with Crippen molar-refractivity contribution in [2.45, 2.75) is 12.7 Å². The molecule has 3 rings (SSSR count). The van der Waals surface area contributed by atoms with Crippen LogP contribution < -0.4 is 5.32 Å². The molecule has 0 aliphatic carbocycles. The predicted octanol–water partition coefficient (Wildman–Crippen LogP) is 2.36. The number of halogens is 3. The van der Waals surface area contributed by atoms with Gasteiger partial charge in [-0.05, 0) is 42.6 Å². The second-order valence-electron chi connectivity index (χ2n) is 5.57. The van der Waals surface area contributed by atoms with Crippen molar-refractivity contribution < 1.29 is 13.2 Å². The Balaban J connectivity index is 1.62. The number of likely N-dealkylation sites (tertiary alicyclic amines) is 1. The maximum Gasteiger partial charge on any atom is 0.416 e. The minimum Gasteiger partial charge on any atom is -0.316 e. The summed E-state index contributed by atoms with van der Waals surface area (Å²) in [6, 6.07) is 5.53. The third-order valence-corrected chi connectivity index (χ3v) is 4.15. The number of alkyl halides is 3. The van der Waals surface area contributed by atoms with E-state index in [-0.39, 0.29) is 0 Å². The first-order valence-corrected chi connectivity index (χ1v) is 6.61. The molecule has 2 aliphatic rings. The molecule has 2 fully saturated rings. The SMILES string of the molecule is FC(F)(F)c1ccc(CN2C[C@H]3CNC[C@H]3C2)cc1. The Kier molecular flexibility index (Phi) is 3.27. The van der Waals surface area contributed by atoms with Crippen LogP contribution >= 0.6 is 0 Å². The summed E-state index contributed by atoms with van der Waals surface area (Å²) in [5.41, 5.74) is 0.389. The summed E-state index contributed by atoms with van der Waals surface area (Å²) in [6.45, 7) is 5.02. The van der Waals surface area contributed by atoms with Gasteiger partial charge in [0.1, 0.15) is 0 Å². The molecule has 2 nitrogen and oxygen atoms in total. The van der Waals surface area contributed by atoms with Crippen molar-refractivity contribution in [2.75, 3.05) is 26.2 Å². The van der Waals surface area contributed by atoms with E-state index in [1.165, 1.54) is 12.1 Å². The van der Waals surface area contributed by atoms with Gasteiger partial charge in [0, 0.05) is 19.6 Å². The smallest absolute Gasteiger partial charge is 0.316 e. The lowest BCUT2D eigenvalue weighted by Gasteiger charge is -2.17. The van der Waals surface area contributed by atoms with Crippen LogP contribution in [0.4, 0.5) is 13.2 Å². The summed E-state index contributed by atoms with van der Waals surface area (Å²) >= 11 is 0. The van der Waals surface area contributed by atoms with Crippen LogP contribution in [0.5, 0.6) is 0 Å². The zero-order valence-corrected chi connectivity index (χ0v) is 10.6. The minimum atomic E-state index is -4.24. The quantitative estimate of drug-likeness (QED) is 0.887. The van der Waals surface area contributed by atoms with Gasteiger partial charge < -0.3 is 5.32 Å². The lowest BCUT2D eigenvalue weighted by Crippen LogP contribution is -2.25. The van der Waals surface area contributed by atoms with Crippen LogP contribution in [0.1, 0.15) is 11.1 Å². The maximum atomic E-state index is 12.5. The molecular weight excluding hydrogens is 253 g/mol. The highest BCUT2D eigenvalue weighted by molar-refractivity contribution is 5.24. The van der Waals surface area contributed by atoms with E-state index in [0.717, 1.165) is 50.1 Å². The van der Waals surface area contributed by atoms with Gasteiger partial charge in [-0.25, -0.2) is 0 Å². The Morgan fingerprint density at radius 2 is 1.63 bits per heavy atom. The van der Waals surface area contributed by atoms with Crippen molar-refractivity contribution in [3.05, 3.63) is 35.4 Å². The molecule has 0 aromatic heterocycles. The van der Waals surface area contributed by atoms with Gasteiger partial charge in [-0.3, -0.25) is 4.90 Å². The summed E-state index contributed by atoms with van der Waals surface area (Å²) in [7, 11) is 0. The van der Waals surface area contributed by atoms with Gasteiger partial charge in [0.25, 0.3) is 0 Å². The second kappa shape index (κ2) is 4.80. The Bertz CT molecular complexity index is 429. The van der Waals surface area contributed by atoms with Gasteiger partial charge in [0.2, 0.25) is 0 Å². The number of fused-ring (bicyclic) bond motifs is 1. The van der Waals surface area contributed by atoms with E-state index in [1.54, 1.807) is 12.1 Å². The first-order valence-electron chi connectivity index (χ1n) is 6.61. The van der Waals surface area contributed by atoms with E-state index < -0.39 is 11.7 Å². The Hall–Kier alpha value is -1.07. The topological polar surface area (TPSA) is 15.3 Å². The first-order chi connectivity index (χ1) is 9.02. The van der Waals surface area contributed by atoms with Gasteiger partial charge in [0.15, 0.2) is 0 Å². The van der Waals surface area contributed by atoms with E-state index in [9.17, 15) is 13.2 Å². The zero-order valence-electron chi connectivity index (χ0n) is 10.6. The lowest BCUT2D eigenvalue weighted by molar-refractivity contribution is -0.137. The van der Waals surface area contributed by atoms with Crippen LogP contribution in [0, 0.1) is 11.8 Å². The highest BCUT2D eigenvalue weighted by atomic mass is 19.4. The molecule has 1 N–H and O–H groups in total. The number of hydrogen-bond donors (Lipinski definition) is 1. The summed E-state index contributed by atoms with van der Waals surface area (Å²) < 4.78 is 37.4. The Morgan fingerprint density at radius 1 is 1.05 bits per heavy atom. The van der Waals surface area contributed by atoms with Gasteiger partial charge in [0.05, 0.1) is 5.56 Å². The van der Waals surface area contributed by atoms with Crippen LogP contribution in [-0.4, -0.2) is 31.1 Å². The number of benzene rings is 1. The van der Waals surface area contributed by atoms with Gasteiger partial charge in [-0.15, -0.1) is 0 Å². The van der Waals surface area contributed by atoms with E-state index in [4.69, 9.17) is 0 Å². The molecule has 2 aliphatic heterocycles. The fourth-order valence-corrected chi connectivity index (χ4v) is 3.14. The van der Waals surface area contributed by atoms with Crippen molar-refractivity contribution in [1.82, 2.24) is 10.2 Å². The largest absolute Gasteiger partial charge is 0.416 e. The fourth-order valence-electron chi connectivity index (χ4n) is 3.14. The summed E-state index contributed by atoms with van der Waals surface area (Å²) in [4.78, 5) is 2.35. The monoisotopic (exact) mass is 270 g/mol. The number of hydrogen-bond acceptors (Lipinski definition) is 2. The molecule has 2 atom stereocenters. The van der Waals surface area contributed by atoms with Crippen LogP contribution in [0.25, 0.3) is 0 Å². The van der Waals surface area contributed by atoms with Crippen molar-refractivity contribution in [1.29, 1.82) is 0 Å². The van der Waals surface area contributed by atoms with Crippen LogP contribution in [0.15, 0.2) is 24.3 Å². The van der Waals surface area contributed by atoms with E-state index >= 15 is 0 Å². The van der Waals surface area contributed by atoms with Gasteiger partial charge in [-0.2, -0.15) is 13.2 Å². The number of rotatable bonds is 2. The first kappa shape index (κ1) is 12.9. The molecule has 104 valence electrons. The molecule has 5 heteroatoms. The molecular formula is C14H17F3N2. The van der Waals surface area contributed by atoms with Crippen LogP contribution in [0.3, 0.4) is 0 Å². The highest BCUT2D eigenvalue weighted by Crippen LogP contribution is 2.30. The van der Waals surface area contributed by atoms with E-state index in [0.29, 0.717) is 0 Å². The fraction of sp³-hybridized carbons (Fsp3) is 0.571. The molecule has 1 aromatic rings. The molecule has 0 amide bonds. The Morgan fingerprint density at radius 3 is 2.16 bits per heavy atom. The molecule has 2 saturated heterocycles. The molecule has 2 heterocycles. The molecule has 0 bridgehead atoms. The minimum absolute atomic E-state index is 0.571. The van der Waals surface area contributed by atoms with Crippen LogP contribution in [0.2, 0.25) is 0 Å². The third-order valence-electron chi connectivity index (χ3n) is 4.15. The number of nitrogens with zero attached hydrogens (tertiary/aromatic N) is 1. The van der Waals surface area contributed by atoms with Crippen molar-refractivity contribution >= 4 is 0 Å². The van der Waals surface area contributed by atoms with Crippen molar-refractivity contribution in [3.63, 3.8) is 0 Å². The van der Waals surface area contributed by atoms with Gasteiger partial charge in [-0.1, -0.05) is 12.1 Å². The number of nitrogens with one attached hydrogen (secondary N) is 1. The molecule has 0 saturated carbocycles.